The molecule has 0 fully saturated rings. The molecular weight excluding hydrogens is 188 g/mol. The number of pyridine rings is 1. The molecular formula is C9H13ClN2O. The summed E-state index contributed by atoms with van der Waals surface area (Å²) in [5.74, 6) is 0. The smallest absolute Gasteiger partial charge is 0.131 e. The molecule has 0 saturated heterocycles. The van der Waals surface area contributed by atoms with Crippen molar-refractivity contribution < 1.29 is 5.11 Å². The van der Waals surface area contributed by atoms with Gasteiger partial charge in [-0.05, 0) is 30.5 Å². The van der Waals surface area contributed by atoms with Crippen molar-refractivity contribution in [2.24, 2.45) is 5.73 Å². The molecule has 1 unspecified atom stereocenters. The lowest BCUT2D eigenvalue weighted by Crippen LogP contribution is -2.12. The van der Waals surface area contributed by atoms with Crippen LogP contribution in [0.2, 0.25) is 5.15 Å². The molecule has 4 heteroatoms. The van der Waals surface area contributed by atoms with E-state index in [4.69, 9.17) is 22.4 Å². The standard InChI is InChI=1S/C9H13ClN2O/c1-6-4-7(5-12-9(6)10)8(11)2-3-13/h4-5,8,13H,2-3,11H2,1H3. The van der Waals surface area contributed by atoms with Crippen LogP contribution in [0.4, 0.5) is 0 Å². The van der Waals surface area contributed by atoms with Gasteiger partial charge in [0.05, 0.1) is 0 Å². The number of halogens is 1. The summed E-state index contributed by atoms with van der Waals surface area (Å²) in [6.45, 7) is 1.97. The molecule has 0 spiro atoms. The summed E-state index contributed by atoms with van der Waals surface area (Å²) in [7, 11) is 0. The Balaban J connectivity index is 2.84. The Morgan fingerprint density at radius 3 is 2.92 bits per heavy atom. The largest absolute Gasteiger partial charge is 0.396 e. The van der Waals surface area contributed by atoms with Crippen molar-refractivity contribution in [1.82, 2.24) is 4.98 Å². The topological polar surface area (TPSA) is 59.1 Å². The fourth-order valence-electron chi connectivity index (χ4n) is 1.09. The Kier molecular flexibility index (Phi) is 3.66. The molecule has 0 aliphatic carbocycles. The highest BCUT2D eigenvalue weighted by atomic mass is 35.5. The predicted octanol–water partition coefficient (Wildman–Crippen LogP) is 1.43. The van der Waals surface area contributed by atoms with Crippen molar-refractivity contribution >= 4 is 11.6 Å². The summed E-state index contributed by atoms with van der Waals surface area (Å²) in [4.78, 5) is 3.99. The van der Waals surface area contributed by atoms with Crippen LogP contribution in [0.3, 0.4) is 0 Å². The average Bonchev–Trinajstić information content (AvgIpc) is 2.10. The maximum absolute atomic E-state index is 8.70. The van der Waals surface area contributed by atoms with Crippen LogP contribution in [0.5, 0.6) is 0 Å². The molecule has 72 valence electrons. The second kappa shape index (κ2) is 4.56. The third-order valence-corrected chi connectivity index (χ3v) is 2.30. The van der Waals surface area contributed by atoms with Gasteiger partial charge in [0.15, 0.2) is 0 Å². The molecule has 0 amide bonds. The van der Waals surface area contributed by atoms with Crippen LogP contribution in [0, 0.1) is 6.92 Å². The maximum Gasteiger partial charge on any atom is 0.131 e. The van der Waals surface area contributed by atoms with Gasteiger partial charge in [-0.25, -0.2) is 4.98 Å². The lowest BCUT2D eigenvalue weighted by molar-refractivity contribution is 0.276. The van der Waals surface area contributed by atoms with Gasteiger partial charge in [-0.1, -0.05) is 11.6 Å². The zero-order valence-corrected chi connectivity index (χ0v) is 8.25. The van der Waals surface area contributed by atoms with Gasteiger partial charge in [0, 0.05) is 18.8 Å². The second-order valence-electron chi connectivity index (χ2n) is 3.00. The van der Waals surface area contributed by atoms with Crippen molar-refractivity contribution in [1.29, 1.82) is 0 Å². The summed E-state index contributed by atoms with van der Waals surface area (Å²) >= 11 is 5.76. The summed E-state index contributed by atoms with van der Waals surface area (Å²) < 4.78 is 0. The molecule has 0 radical (unpaired) electrons. The van der Waals surface area contributed by atoms with Gasteiger partial charge in [-0.15, -0.1) is 0 Å². The Morgan fingerprint density at radius 2 is 2.38 bits per heavy atom. The van der Waals surface area contributed by atoms with Gasteiger partial charge in [0.2, 0.25) is 0 Å². The van der Waals surface area contributed by atoms with Crippen LogP contribution >= 0.6 is 11.6 Å². The molecule has 0 aliphatic heterocycles. The van der Waals surface area contributed by atoms with E-state index in [-0.39, 0.29) is 12.6 Å². The number of aliphatic hydroxyl groups excluding tert-OH is 1. The molecule has 1 aromatic heterocycles. The number of rotatable bonds is 3. The van der Waals surface area contributed by atoms with Gasteiger partial charge >= 0.3 is 0 Å². The lowest BCUT2D eigenvalue weighted by atomic mass is 10.1. The van der Waals surface area contributed by atoms with Crippen molar-refractivity contribution in [2.75, 3.05) is 6.61 Å². The third-order valence-electron chi connectivity index (χ3n) is 1.90. The Morgan fingerprint density at radius 1 is 1.69 bits per heavy atom. The van der Waals surface area contributed by atoms with Crippen molar-refractivity contribution in [2.45, 2.75) is 19.4 Å². The molecule has 1 rings (SSSR count). The van der Waals surface area contributed by atoms with E-state index in [1.54, 1.807) is 6.20 Å². The van der Waals surface area contributed by atoms with Gasteiger partial charge in [0.25, 0.3) is 0 Å². The van der Waals surface area contributed by atoms with E-state index in [2.05, 4.69) is 4.98 Å². The molecule has 0 bridgehead atoms. The molecule has 3 nitrogen and oxygen atoms in total. The molecule has 1 aromatic rings. The number of aromatic nitrogens is 1. The monoisotopic (exact) mass is 200 g/mol. The first-order valence-electron chi connectivity index (χ1n) is 4.13. The summed E-state index contributed by atoms with van der Waals surface area (Å²) in [5.41, 5.74) is 7.60. The molecule has 0 saturated carbocycles. The van der Waals surface area contributed by atoms with Crippen LogP contribution in [-0.4, -0.2) is 16.7 Å². The van der Waals surface area contributed by atoms with Gasteiger partial charge in [-0.3, -0.25) is 0 Å². The molecule has 1 heterocycles. The van der Waals surface area contributed by atoms with Crippen molar-refractivity contribution in [3.63, 3.8) is 0 Å². The summed E-state index contributed by atoms with van der Waals surface area (Å²) in [5, 5.41) is 9.20. The number of hydrogen-bond acceptors (Lipinski definition) is 3. The fraction of sp³-hybridized carbons (Fsp3) is 0.444. The predicted molar refractivity (Wildman–Crippen MR) is 52.6 cm³/mol. The minimum absolute atomic E-state index is 0.0862. The highest BCUT2D eigenvalue weighted by Gasteiger charge is 2.06. The minimum Gasteiger partial charge on any atom is -0.396 e. The van der Waals surface area contributed by atoms with Gasteiger partial charge in [0.1, 0.15) is 5.15 Å². The van der Waals surface area contributed by atoms with E-state index in [1.807, 2.05) is 13.0 Å². The minimum atomic E-state index is -0.159. The first kappa shape index (κ1) is 10.4. The number of aryl methyl sites for hydroxylation is 1. The van der Waals surface area contributed by atoms with Gasteiger partial charge in [-0.2, -0.15) is 0 Å². The SMILES string of the molecule is Cc1cc(C(N)CCO)cnc1Cl. The molecule has 0 aliphatic rings. The first-order valence-corrected chi connectivity index (χ1v) is 4.51. The molecule has 0 aromatic carbocycles. The first-order chi connectivity index (χ1) is 6.15. The number of hydrogen-bond donors (Lipinski definition) is 2. The number of nitrogens with two attached hydrogens (primary N) is 1. The summed E-state index contributed by atoms with van der Waals surface area (Å²) in [6.07, 6.45) is 2.19. The van der Waals surface area contributed by atoms with Crippen molar-refractivity contribution in [3.05, 3.63) is 28.5 Å². The molecule has 1 atom stereocenters. The van der Waals surface area contributed by atoms with E-state index in [0.29, 0.717) is 11.6 Å². The Bertz CT molecular complexity index is 291. The quantitative estimate of drug-likeness (QED) is 0.726. The van der Waals surface area contributed by atoms with Crippen LogP contribution in [0.15, 0.2) is 12.3 Å². The summed E-state index contributed by atoms with van der Waals surface area (Å²) in [6, 6.07) is 1.74. The fourth-order valence-corrected chi connectivity index (χ4v) is 1.19. The number of nitrogens with zero attached hydrogens (tertiary/aromatic N) is 1. The van der Waals surface area contributed by atoms with Crippen LogP contribution in [-0.2, 0) is 0 Å². The van der Waals surface area contributed by atoms with E-state index in [9.17, 15) is 0 Å². The van der Waals surface area contributed by atoms with Crippen LogP contribution < -0.4 is 5.73 Å². The van der Waals surface area contributed by atoms with E-state index in [1.165, 1.54) is 0 Å². The van der Waals surface area contributed by atoms with E-state index in [0.717, 1.165) is 11.1 Å². The third kappa shape index (κ3) is 2.66. The molecule has 13 heavy (non-hydrogen) atoms. The maximum atomic E-state index is 8.70. The van der Waals surface area contributed by atoms with E-state index >= 15 is 0 Å². The highest BCUT2D eigenvalue weighted by molar-refractivity contribution is 6.30. The average molecular weight is 201 g/mol. The van der Waals surface area contributed by atoms with Crippen LogP contribution in [0.1, 0.15) is 23.6 Å². The molecule has 3 N–H and O–H groups in total. The second-order valence-corrected chi connectivity index (χ2v) is 3.35. The van der Waals surface area contributed by atoms with Gasteiger partial charge < -0.3 is 10.8 Å². The Hall–Kier alpha value is -0.640. The zero-order valence-electron chi connectivity index (χ0n) is 7.50. The zero-order chi connectivity index (χ0) is 9.84. The number of aliphatic hydroxyl groups is 1. The van der Waals surface area contributed by atoms with Crippen molar-refractivity contribution in [3.8, 4) is 0 Å². The normalized spacial score (nSPS) is 12.9. The lowest BCUT2D eigenvalue weighted by Gasteiger charge is -2.10. The Labute approximate surface area is 82.5 Å². The highest BCUT2D eigenvalue weighted by Crippen LogP contribution is 2.18. The van der Waals surface area contributed by atoms with E-state index < -0.39 is 0 Å². The van der Waals surface area contributed by atoms with Crippen LogP contribution in [0.25, 0.3) is 0 Å².